The molecule has 1 aliphatic carbocycles. The number of guanidine groups is 1. The van der Waals surface area contributed by atoms with Crippen molar-refractivity contribution in [2.45, 2.75) is 6.04 Å². The summed E-state index contributed by atoms with van der Waals surface area (Å²) in [6.07, 6.45) is 0. The van der Waals surface area contributed by atoms with E-state index in [0.717, 1.165) is 55.3 Å². The lowest BCUT2D eigenvalue weighted by molar-refractivity contribution is 0.0322. The highest BCUT2D eigenvalue weighted by Gasteiger charge is 2.46. The number of ether oxygens (including phenoxy) is 2. The van der Waals surface area contributed by atoms with Gasteiger partial charge in [0.15, 0.2) is 5.78 Å². The van der Waals surface area contributed by atoms with Gasteiger partial charge in [0.1, 0.15) is 18.2 Å². The second-order valence-corrected chi connectivity index (χ2v) is 9.37. The molecule has 6 rings (SSSR count). The van der Waals surface area contributed by atoms with Crippen molar-refractivity contribution < 1.29 is 18.7 Å². The number of carbonyl (C=O) groups is 1. The normalized spacial score (nSPS) is 21.2. The molecule has 2 heterocycles. The van der Waals surface area contributed by atoms with E-state index >= 15 is 0 Å². The van der Waals surface area contributed by atoms with Crippen molar-refractivity contribution in [3.63, 3.8) is 0 Å². The van der Waals surface area contributed by atoms with Crippen LogP contribution in [-0.2, 0) is 4.74 Å². The van der Waals surface area contributed by atoms with Crippen molar-refractivity contribution in [2.75, 3.05) is 39.5 Å². The molecule has 8 heteroatoms. The second kappa shape index (κ2) is 9.88. The molecule has 1 fully saturated rings. The second-order valence-electron chi connectivity index (χ2n) is 9.37. The van der Waals surface area contributed by atoms with Crippen LogP contribution in [0.2, 0.25) is 0 Å². The van der Waals surface area contributed by atoms with E-state index in [0.29, 0.717) is 23.4 Å². The summed E-state index contributed by atoms with van der Waals surface area (Å²) in [6, 6.07) is 19.1. The van der Waals surface area contributed by atoms with Crippen molar-refractivity contribution in [3.05, 3.63) is 89.2 Å². The Balaban J connectivity index is 1.26. The molecule has 0 bridgehead atoms. The van der Waals surface area contributed by atoms with E-state index in [2.05, 4.69) is 14.9 Å². The van der Waals surface area contributed by atoms with Gasteiger partial charge in [-0.05, 0) is 46.5 Å². The SMILES string of the molecule is NC1=NC2c3c(cccc3-c3ccc(OCCN4CCOCC4)cc3)C(=O)C2C(c2ccc(F)cc2)=N1. The highest BCUT2D eigenvalue weighted by atomic mass is 19.1. The van der Waals surface area contributed by atoms with Crippen molar-refractivity contribution >= 4 is 17.5 Å². The minimum absolute atomic E-state index is 0.0516. The summed E-state index contributed by atoms with van der Waals surface area (Å²) in [7, 11) is 0. The lowest BCUT2D eigenvalue weighted by Gasteiger charge is -2.26. The van der Waals surface area contributed by atoms with Crippen molar-refractivity contribution in [3.8, 4) is 16.9 Å². The van der Waals surface area contributed by atoms with Crippen LogP contribution in [0.25, 0.3) is 11.1 Å². The Morgan fingerprint density at radius 1 is 0.973 bits per heavy atom. The molecule has 3 aliphatic rings. The Labute approximate surface area is 214 Å². The monoisotopic (exact) mass is 498 g/mol. The summed E-state index contributed by atoms with van der Waals surface area (Å²) < 4.78 is 24.9. The van der Waals surface area contributed by atoms with Gasteiger partial charge in [-0.3, -0.25) is 9.69 Å². The van der Waals surface area contributed by atoms with E-state index in [1.165, 1.54) is 12.1 Å². The number of Topliss-reactive ketones (excluding diaryl/α,β-unsaturated/α-hetero) is 1. The smallest absolute Gasteiger partial charge is 0.216 e. The summed E-state index contributed by atoms with van der Waals surface area (Å²) in [5, 5.41) is 0. The summed E-state index contributed by atoms with van der Waals surface area (Å²) in [5.41, 5.74) is 10.6. The number of morpholine rings is 1. The number of benzene rings is 3. The Kier molecular flexibility index (Phi) is 6.28. The maximum atomic E-state index is 13.6. The predicted molar refractivity (Wildman–Crippen MR) is 140 cm³/mol. The van der Waals surface area contributed by atoms with Gasteiger partial charge in [0.2, 0.25) is 5.96 Å². The summed E-state index contributed by atoms with van der Waals surface area (Å²) in [6.45, 7) is 4.88. The van der Waals surface area contributed by atoms with Crippen LogP contribution in [0.15, 0.2) is 76.7 Å². The van der Waals surface area contributed by atoms with Gasteiger partial charge < -0.3 is 15.2 Å². The summed E-state index contributed by atoms with van der Waals surface area (Å²) in [4.78, 5) is 24.9. The molecule has 0 spiro atoms. The molecule has 3 aromatic rings. The first-order chi connectivity index (χ1) is 18.1. The van der Waals surface area contributed by atoms with Gasteiger partial charge >= 0.3 is 0 Å². The van der Waals surface area contributed by atoms with Gasteiger partial charge in [0.05, 0.1) is 30.9 Å². The Morgan fingerprint density at radius 2 is 1.68 bits per heavy atom. The molecule has 0 amide bonds. The molecule has 0 aromatic heterocycles. The molecule has 2 aliphatic heterocycles. The fourth-order valence-electron chi connectivity index (χ4n) is 5.32. The Bertz CT molecular complexity index is 1380. The lowest BCUT2D eigenvalue weighted by Crippen LogP contribution is -2.38. The van der Waals surface area contributed by atoms with Crippen molar-refractivity contribution in [1.29, 1.82) is 0 Å². The number of ketones is 1. The van der Waals surface area contributed by atoms with Gasteiger partial charge in [0, 0.05) is 25.2 Å². The standard InChI is InChI=1S/C29H27FN4O3/c30-20-8-4-19(5-9-20)26-25-27(33-29(31)32-26)24-22(2-1-3-23(24)28(25)35)18-6-10-21(11-7-18)37-17-14-34-12-15-36-16-13-34/h1-11,25,27H,12-17H2,(H2,31,33). The average Bonchev–Trinajstić information content (AvgIpc) is 3.21. The van der Waals surface area contributed by atoms with Gasteiger partial charge in [-0.25, -0.2) is 14.4 Å². The number of hydrogen-bond acceptors (Lipinski definition) is 7. The van der Waals surface area contributed by atoms with E-state index in [9.17, 15) is 9.18 Å². The van der Waals surface area contributed by atoms with E-state index < -0.39 is 12.0 Å². The van der Waals surface area contributed by atoms with Crippen LogP contribution < -0.4 is 10.5 Å². The molecule has 37 heavy (non-hydrogen) atoms. The molecule has 1 saturated heterocycles. The number of halogens is 1. The number of rotatable bonds is 6. The molecule has 0 radical (unpaired) electrons. The largest absolute Gasteiger partial charge is 0.492 e. The highest BCUT2D eigenvalue weighted by molar-refractivity contribution is 6.25. The van der Waals surface area contributed by atoms with E-state index in [4.69, 9.17) is 15.2 Å². The van der Waals surface area contributed by atoms with Crippen LogP contribution in [0.3, 0.4) is 0 Å². The van der Waals surface area contributed by atoms with Crippen LogP contribution in [-0.4, -0.2) is 61.8 Å². The molecule has 7 nitrogen and oxygen atoms in total. The number of hydrogen-bond donors (Lipinski definition) is 1. The van der Waals surface area contributed by atoms with E-state index in [-0.39, 0.29) is 17.6 Å². The summed E-state index contributed by atoms with van der Waals surface area (Å²) >= 11 is 0. The maximum absolute atomic E-state index is 13.6. The topological polar surface area (TPSA) is 89.5 Å². The maximum Gasteiger partial charge on any atom is 0.216 e. The summed E-state index contributed by atoms with van der Waals surface area (Å²) in [5.74, 6) is -0.0969. The molecule has 2 atom stereocenters. The highest BCUT2D eigenvalue weighted by Crippen LogP contribution is 2.47. The first-order valence-corrected chi connectivity index (χ1v) is 12.5. The predicted octanol–water partition coefficient (Wildman–Crippen LogP) is 3.87. The number of aliphatic imine (C=N–C) groups is 2. The fourth-order valence-corrected chi connectivity index (χ4v) is 5.32. The fraction of sp³-hybridized carbons (Fsp3) is 0.276. The number of carbonyl (C=O) groups excluding carboxylic acids is 1. The molecular weight excluding hydrogens is 471 g/mol. The number of nitrogens with zero attached hydrogens (tertiary/aromatic N) is 3. The Hall–Kier alpha value is -3.88. The van der Waals surface area contributed by atoms with Gasteiger partial charge in [-0.15, -0.1) is 0 Å². The minimum Gasteiger partial charge on any atom is -0.492 e. The minimum atomic E-state index is -0.600. The van der Waals surface area contributed by atoms with Gasteiger partial charge in [0.25, 0.3) is 0 Å². The zero-order valence-electron chi connectivity index (χ0n) is 20.3. The number of nitrogens with two attached hydrogens (primary N) is 1. The van der Waals surface area contributed by atoms with Crippen molar-refractivity contribution in [1.82, 2.24) is 4.90 Å². The van der Waals surface area contributed by atoms with Crippen LogP contribution in [0.1, 0.15) is 27.5 Å². The first-order valence-electron chi connectivity index (χ1n) is 12.5. The molecule has 3 aromatic carbocycles. The van der Waals surface area contributed by atoms with Crippen LogP contribution in [0.4, 0.5) is 4.39 Å². The lowest BCUT2D eigenvalue weighted by atomic mass is 9.87. The zero-order valence-corrected chi connectivity index (χ0v) is 20.3. The quantitative estimate of drug-likeness (QED) is 0.557. The third-order valence-electron chi connectivity index (χ3n) is 7.15. The van der Waals surface area contributed by atoms with Crippen LogP contribution >= 0.6 is 0 Å². The zero-order chi connectivity index (χ0) is 25.4. The first kappa shape index (κ1) is 23.5. The molecule has 188 valence electrons. The van der Waals surface area contributed by atoms with Crippen LogP contribution in [0, 0.1) is 11.7 Å². The molecule has 2 N–H and O–H groups in total. The molecule has 2 unspecified atom stereocenters. The third-order valence-corrected chi connectivity index (χ3v) is 7.15. The number of fused-ring (bicyclic) bond motifs is 3. The Morgan fingerprint density at radius 3 is 2.43 bits per heavy atom. The third kappa shape index (κ3) is 4.54. The average molecular weight is 499 g/mol. The van der Waals surface area contributed by atoms with Crippen LogP contribution in [0.5, 0.6) is 5.75 Å². The van der Waals surface area contributed by atoms with E-state index in [1.54, 1.807) is 12.1 Å². The van der Waals surface area contributed by atoms with E-state index in [1.807, 2.05) is 42.5 Å². The van der Waals surface area contributed by atoms with Crippen molar-refractivity contribution in [2.24, 2.45) is 21.6 Å². The van der Waals surface area contributed by atoms with Gasteiger partial charge in [-0.2, -0.15) is 0 Å². The molecule has 0 saturated carbocycles. The molecular formula is C29H27FN4O3. The van der Waals surface area contributed by atoms with Gasteiger partial charge in [-0.1, -0.05) is 42.5 Å².